The topological polar surface area (TPSA) is 66.4 Å². The van der Waals surface area contributed by atoms with Gasteiger partial charge < -0.3 is 28.8 Å². The summed E-state index contributed by atoms with van der Waals surface area (Å²) in [6, 6.07) is 17.8. The Bertz CT molecular complexity index is 959. The fourth-order valence-corrected chi connectivity index (χ4v) is 3.57. The Morgan fingerprint density at radius 2 is 0.967 bits per heavy atom. The number of methoxy groups -OCH3 is 5. The van der Waals surface area contributed by atoms with Crippen LogP contribution in [0.2, 0.25) is 0 Å². The first-order valence-corrected chi connectivity index (χ1v) is 9.34. The highest BCUT2D eigenvalue weighted by molar-refractivity contribution is 5.61. The van der Waals surface area contributed by atoms with E-state index in [-0.39, 0.29) is 0 Å². The largest absolute Gasteiger partial charge is 0.497 e. The molecule has 158 valence electrons. The summed E-state index contributed by atoms with van der Waals surface area (Å²) in [6.07, 6.45) is 0. The van der Waals surface area contributed by atoms with Gasteiger partial charge in [0, 0.05) is 16.7 Å². The summed E-state index contributed by atoms with van der Waals surface area (Å²) >= 11 is 0. The van der Waals surface area contributed by atoms with E-state index in [0.717, 1.165) is 0 Å². The molecule has 6 nitrogen and oxygen atoms in total. The zero-order valence-electron chi connectivity index (χ0n) is 17.8. The molecule has 0 bridgehead atoms. The molecule has 0 atom stereocenters. The Morgan fingerprint density at radius 1 is 0.533 bits per heavy atom. The first-order valence-electron chi connectivity index (χ1n) is 9.34. The van der Waals surface area contributed by atoms with Crippen LogP contribution in [0, 0.1) is 0 Å². The van der Waals surface area contributed by atoms with E-state index < -0.39 is 5.60 Å². The monoisotopic (exact) mass is 410 g/mol. The van der Waals surface area contributed by atoms with Crippen LogP contribution >= 0.6 is 0 Å². The zero-order chi connectivity index (χ0) is 21.7. The molecule has 0 saturated carbocycles. The van der Waals surface area contributed by atoms with Crippen molar-refractivity contribution in [2.45, 2.75) is 5.60 Å². The third-order valence-electron chi connectivity index (χ3n) is 5.09. The molecule has 0 aliphatic rings. The van der Waals surface area contributed by atoms with Crippen LogP contribution in [0.4, 0.5) is 0 Å². The lowest BCUT2D eigenvalue weighted by Gasteiger charge is -2.33. The molecular formula is C24H26O6. The van der Waals surface area contributed by atoms with Crippen LogP contribution in [-0.2, 0) is 5.60 Å². The van der Waals surface area contributed by atoms with Crippen molar-refractivity contribution < 1.29 is 28.8 Å². The number of aliphatic hydroxyl groups is 1. The average molecular weight is 410 g/mol. The van der Waals surface area contributed by atoms with E-state index >= 15 is 0 Å². The highest BCUT2D eigenvalue weighted by Gasteiger charge is 2.41. The second-order valence-corrected chi connectivity index (χ2v) is 6.54. The maximum absolute atomic E-state index is 12.4. The minimum absolute atomic E-state index is 0.473. The molecule has 6 heteroatoms. The van der Waals surface area contributed by atoms with Crippen molar-refractivity contribution in [3.05, 3.63) is 77.4 Å². The fraction of sp³-hybridized carbons (Fsp3) is 0.250. The van der Waals surface area contributed by atoms with Crippen LogP contribution in [0.3, 0.4) is 0 Å². The summed E-state index contributed by atoms with van der Waals surface area (Å²) in [5.74, 6) is 2.61. The van der Waals surface area contributed by atoms with E-state index in [0.29, 0.717) is 45.4 Å². The SMILES string of the molecule is COc1ccc(OC)c(C(O)(c2ccccc2OC)c2cc(OC)ccc2OC)c1. The third kappa shape index (κ3) is 3.62. The van der Waals surface area contributed by atoms with Gasteiger partial charge in [-0.2, -0.15) is 0 Å². The smallest absolute Gasteiger partial charge is 0.151 e. The molecule has 0 saturated heterocycles. The van der Waals surface area contributed by atoms with Crippen LogP contribution in [0.25, 0.3) is 0 Å². The normalized spacial score (nSPS) is 11.0. The molecule has 0 spiro atoms. The van der Waals surface area contributed by atoms with E-state index in [1.165, 1.54) is 0 Å². The van der Waals surface area contributed by atoms with Gasteiger partial charge in [-0.15, -0.1) is 0 Å². The van der Waals surface area contributed by atoms with Crippen molar-refractivity contribution in [1.29, 1.82) is 0 Å². The lowest BCUT2D eigenvalue weighted by atomic mass is 9.78. The molecular weight excluding hydrogens is 384 g/mol. The van der Waals surface area contributed by atoms with Crippen molar-refractivity contribution in [3.63, 3.8) is 0 Å². The Morgan fingerprint density at radius 3 is 1.40 bits per heavy atom. The molecule has 1 N–H and O–H groups in total. The standard InChI is InChI=1S/C24H26O6/c1-26-16-10-12-22(29-4)19(14-16)24(25,18-8-6-7-9-21(18)28-3)20-15-17(27-2)11-13-23(20)30-5/h6-15,25H,1-5H3. The molecule has 0 fully saturated rings. The third-order valence-corrected chi connectivity index (χ3v) is 5.09. The molecule has 0 aromatic heterocycles. The number of benzene rings is 3. The molecule has 0 radical (unpaired) electrons. The number of ether oxygens (including phenoxy) is 5. The molecule has 0 aliphatic heterocycles. The van der Waals surface area contributed by atoms with E-state index in [4.69, 9.17) is 23.7 Å². The summed E-state index contributed by atoms with van der Waals surface area (Å²) in [5.41, 5.74) is -0.238. The maximum atomic E-state index is 12.4. The Balaban J connectivity index is 2.46. The highest BCUT2D eigenvalue weighted by atomic mass is 16.5. The van der Waals surface area contributed by atoms with Gasteiger partial charge in [0.1, 0.15) is 28.7 Å². The minimum Gasteiger partial charge on any atom is -0.497 e. The van der Waals surface area contributed by atoms with Crippen LogP contribution in [0.1, 0.15) is 16.7 Å². The Labute approximate surface area is 176 Å². The van der Waals surface area contributed by atoms with E-state index in [1.54, 1.807) is 84.1 Å². The summed E-state index contributed by atoms with van der Waals surface area (Å²) < 4.78 is 27.7. The lowest BCUT2D eigenvalue weighted by Crippen LogP contribution is -2.31. The van der Waals surface area contributed by atoms with Crippen molar-refractivity contribution in [2.24, 2.45) is 0 Å². The molecule has 0 aliphatic carbocycles. The molecule has 3 aromatic carbocycles. The minimum atomic E-state index is -1.70. The van der Waals surface area contributed by atoms with Gasteiger partial charge in [-0.05, 0) is 42.5 Å². The molecule has 0 heterocycles. The van der Waals surface area contributed by atoms with Crippen LogP contribution < -0.4 is 23.7 Å². The first-order chi connectivity index (χ1) is 14.5. The van der Waals surface area contributed by atoms with Crippen molar-refractivity contribution in [2.75, 3.05) is 35.5 Å². The van der Waals surface area contributed by atoms with Crippen LogP contribution in [0.15, 0.2) is 60.7 Å². The van der Waals surface area contributed by atoms with Crippen molar-refractivity contribution in [1.82, 2.24) is 0 Å². The van der Waals surface area contributed by atoms with Crippen LogP contribution in [0.5, 0.6) is 28.7 Å². The molecule has 30 heavy (non-hydrogen) atoms. The number of hydrogen-bond donors (Lipinski definition) is 1. The quantitative estimate of drug-likeness (QED) is 0.566. The van der Waals surface area contributed by atoms with Gasteiger partial charge in [0.05, 0.1) is 35.5 Å². The van der Waals surface area contributed by atoms with Gasteiger partial charge in [-0.1, -0.05) is 18.2 Å². The second-order valence-electron chi connectivity index (χ2n) is 6.54. The number of para-hydroxylation sites is 1. The van der Waals surface area contributed by atoms with Gasteiger partial charge in [-0.25, -0.2) is 0 Å². The van der Waals surface area contributed by atoms with E-state index in [9.17, 15) is 5.11 Å². The number of rotatable bonds is 8. The molecule has 0 unspecified atom stereocenters. The molecule has 3 rings (SSSR count). The number of hydrogen-bond acceptors (Lipinski definition) is 6. The van der Waals surface area contributed by atoms with Crippen molar-refractivity contribution >= 4 is 0 Å². The maximum Gasteiger partial charge on any atom is 0.151 e. The summed E-state index contributed by atoms with van der Waals surface area (Å²) in [5, 5.41) is 12.4. The van der Waals surface area contributed by atoms with Gasteiger partial charge in [0.2, 0.25) is 0 Å². The van der Waals surface area contributed by atoms with Gasteiger partial charge in [0.15, 0.2) is 5.60 Å². The van der Waals surface area contributed by atoms with Crippen LogP contribution in [-0.4, -0.2) is 40.7 Å². The first kappa shape index (κ1) is 21.3. The Kier molecular flexibility index (Phi) is 6.37. The molecule has 0 amide bonds. The second kappa shape index (κ2) is 8.97. The van der Waals surface area contributed by atoms with Gasteiger partial charge in [-0.3, -0.25) is 0 Å². The fourth-order valence-electron chi connectivity index (χ4n) is 3.57. The Hall–Kier alpha value is -3.38. The zero-order valence-corrected chi connectivity index (χ0v) is 17.8. The predicted molar refractivity (Wildman–Crippen MR) is 114 cm³/mol. The van der Waals surface area contributed by atoms with Gasteiger partial charge >= 0.3 is 0 Å². The predicted octanol–water partition coefficient (Wildman–Crippen LogP) is 4.01. The highest BCUT2D eigenvalue weighted by Crippen LogP contribution is 2.49. The summed E-state index contributed by atoms with van der Waals surface area (Å²) in [7, 11) is 7.80. The van der Waals surface area contributed by atoms with Crippen molar-refractivity contribution in [3.8, 4) is 28.7 Å². The summed E-state index contributed by atoms with van der Waals surface area (Å²) in [4.78, 5) is 0. The lowest BCUT2D eigenvalue weighted by molar-refractivity contribution is 0.114. The molecule has 3 aromatic rings. The summed E-state index contributed by atoms with van der Waals surface area (Å²) in [6.45, 7) is 0. The van der Waals surface area contributed by atoms with E-state index in [1.807, 2.05) is 12.1 Å². The average Bonchev–Trinajstić information content (AvgIpc) is 2.82. The van der Waals surface area contributed by atoms with Gasteiger partial charge in [0.25, 0.3) is 0 Å². The van der Waals surface area contributed by atoms with E-state index in [2.05, 4.69) is 0 Å².